The molecule has 0 bridgehead atoms. The molecule has 94 valence electrons. The molecular weight excluding hydrogens is 223 g/mol. The molecule has 0 fully saturated rings. The summed E-state index contributed by atoms with van der Waals surface area (Å²) < 4.78 is 13.3. The first kappa shape index (κ1) is 13.4. The minimum atomic E-state index is -0.718. The van der Waals surface area contributed by atoms with Gasteiger partial charge in [0.25, 0.3) is 5.91 Å². The summed E-state index contributed by atoms with van der Waals surface area (Å²) >= 11 is 0. The zero-order valence-corrected chi connectivity index (χ0v) is 9.58. The summed E-state index contributed by atoms with van der Waals surface area (Å²) in [6.45, 7) is 1.08. The molecule has 0 saturated heterocycles. The number of nitrogens with one attached hydrogen (secondary N) is 1. The molecule has 0 spiro atoms. The summed E-state index contributed by atoms with van der Waals surface area (Å²) in [4.78, 5) is 11.6. The van der Waals surface area contributed by atoms with E-state index in [1.807, 2.05) is 0 Å². The Balaban J connectivity index is 2.47. The predicted octanol–water partition coefficient (Wildman–Crippen LogP) is 1.39. The van der Waals surface area contributed by atoms with E-state index in [0.29, 0.717) is 13.1 Å². The Hall–Kier alpha value is -1.62. The van der Waals surface area contributed by atoms with E-state index >= 15 is 0 Å². The van der Waals surface area contributed by atoms with E-state index in [0.717, 1.165) is 25.3 Å². The van der Waals surface area contributed by atoms with Gasteiger partial charge < -0.3 is 16.2 Å². The number of aromatic hydroxyl groups is 1. The van der Waals surface area contributed by atoms with Crippen LogP contribution in [0.1, 0.15) is 29.6 Å². The Morgan fingerprint density at radius 1 is 1.35 bits per heavy atom. The smallest absolute Gasteiger partial charge is 0.258 e. The average Bonchev–Trinajstić information content (AvgIpc) is 2.28. The summed E-state index contributed by atoms with van der Waals surface area (Å²) in [7, 11) is 0. The van der Waals surface area contributed by atoms with Crippen LogP contribution >= 0.6 is 0 Å². The number of hydrogen-bond acceptors (Lipinski definition) is 3. The average molecular weight is 240 g/mol. The second-order valence-electron chi connectivity index (χ2n) is 3.74. The van der Waals surface area contributed by atoms with E-state index in [1.54, 1.807) is 0 Å². The van der Waals surface area contributed by atoms with Crippen LogP contribution in [0.3, 0.4) is 0 Å². The van der Waals surface area contributed by atoms with Gasteiger partial charge >= 0.3 is 0 Å². The van der Waals surface area contributed by atoms with Gasteiger partial charge in [0.05, 0.1) is 0 Å². The normalized spacial score (nSPS) is 10.2. The van der Waals surface area contributed by atoms with Crippen LogP contribution in [0.2, 0.25) is 0 Å². The molecule has 0 radical (unpaired) electrons. The summed E-state index contributed by atoms with van der Waals surface area (Å²) in [6, 6.07) is 3.78. The molecule has 0 heterocycles. The fourth-order valence-electron chi connectivity index (χ4n) is 1.47. The number of carbonyl (C=O) groups excluding carboxylic acids is 1. The van der Waals surface area contributed by atoms with Gasteiger partial charge in [0.2, 0.25) is 0 Å². The lowest BCUT2D eigenvalue weighted by molar-refractivity contribution is 0.0946. The molecule has 0 aromatic heterocycles. The van der Waals surface area contributed by atoms with Crippen LogP contribution < -0.4 is 11.1 Å². The van der Waals surface area contributed by atoms with Gasteiger partial charge in [-0.2, -0.15) is 0 Å². The predicted molar refractivity (Wildman–Crippen MR) is 63.3 cm³/mol. The standard InChI is InChI=1S/C12H17FN2O2/c13-9-5-4-6-10(16)11(9)12(17)15-8-3-1-2-7-14/h4-6,16H,1-3,7-8,14H2,(H,15,17). The highest BCUT2D eigenvalue weighted by molar-refractivity contribution is 5.97. The number of rotatable bonds is 6. The van der Waals surface area contributed by atoms with Crippen LogP contribution in [0.25, 0.3) is 0 Å². The Morgan fingerprint density at radius 2 is 2.12 bits per heavy atom. The second-order valence-corrected chi connectivity index (χ2v) is 3.74. The highest BCUT2D eigenvalue weighted by atomic mass is 19.1. The first-order valence-corrected chi connectivity index (χ1v) is 5.62. The van der Waals surface area contributed by atoms with Gasteiger partial charge in [-0.3, -0.25) is 4.79 Å². The molecular formula is C12H17FN2O2. The number of phenols is 1. The maximum atomic E-state index is 13.3. The van der Waals surface area contributed by atoms with Crippen molar-refractivity contribution in [3.05, 3.63) is 29.6 Å². The fraction of sp³-hybridized carbons (Fsp3) is 0.417. The number of benzene rings is 1. The van der Waals surface area contributed by atoms with E-state index in [1.165, 1.54) is 12.1 Å². The first-order valence-electron chi connectivity index (χ1n) is 5.62. The van der Waals surface area contributed by atoms with Gasteiger partial charge in [0, 0.05) is 6.54 Å². The summed E-state index contributed by atoms with van der Waals surface area (Å²) in [6.07, 6.45) is 2.61. The van der Waals surface area contributed by atoms with Gasteiger partial charge in [-0.15, -0.1) is 0 Å². The molecule has 1 amide bonds. The molecule has 0 aliphatic rings. The van der Waals surface area contributed by atoms with Crippen molar-refractivity contribution in [1.29, 1.82) is 0 Å². The number of halogens is 1. The van der Waals surface area contributed by atoms with Crippen molar-refractivity contribution in [3.8, 4) is 5.75 Å². The highest BCUT2D eigenvalue weighted by Gasteiger charge is 2.15. The molecule has 17 heavy (non-hydrogen) atoms. The number of amides is 1. The monoisotopic (exact) mass is 240 g/mol. The van der Waals surface area contributed by atoms with Crippen molar-refractivity contribution in [2.45, 2.75) is 19.3 Å². The molecule has 0 aliphatic heterocycles. The fourth-order valence-corrected chi connectivity index (χ4v) is 1.47. The van der Waals surface area contributed by atoms with Crippen LogP contribution in [-0.2, 0) is 0 Å². The minimum absolute atomic E-state index is 0.300. The van der Waals surface area contributed by atoms with Crippen molar-refractivity contribution >= 4 is 5.91 Å². The van der Waals surface area contributed by atoms with Crippen LogP contribution in [0.5, 0.6) is 5.75 Å². The van der Waals surface area contributed by atoms with E-state index in [4.69, 9.17) is 5.73 Å². The largest absolute Gasteiger partial charge is 0.507 e. The number of unbranched alkanes of at least 4 members (excludes halogenated alkanes) is 2. The van der Waals surface area contributed by atoms with Crippen molar-refractivity contribution in [1.82, 2.24) is 5.32 Å². The van der Waals surface area contributed by atoms with Crippen LogP contribution in [-0.4, -0.2) is 24.1 Å². The van der Waals surface area contributed by atoms with Crippen molar-refractivity contribution in [2.24, 2.45) is 5.73 Å². The lowest BCUT2D eigenvalue weighted by atomic mass is 10.1. The number of phenolic OH excluding ortho intramolecular Hbond substituents is 1. The Morgan fingerprint density at radius 3 is 2.76 bits per heavy atom. The zero-order chi connectivity index (χ0) is 12.7. The maximum absolute atomic E-state index is 13.3. The highest BCUT2D eigenvalue weighted by Crippen LogP contribution is 2.19. The Kier molecular flexibility index (Phi) is 5.42. The molecule has 4 nitrogen and oxygen atoms in total. The SMILES string of the molecule is NCCCCCNC(=O)c1c(O)cccc1F. The molecule has 0 aliphatic carbocycles. The van der Waals surface area contributed by atoms with Gasteiger partial charge in [-0.25, -0.2) is 4.39 Å². The van der Waals surface area contributed by atoms with Gasteiger partial charge in [0.1, 0.15) is 17.1 Å². The Bertz CT molecular complexity index is 363. The van der Waals surface area contributed by atoms with Crippen molar-refractivity contribution < 1.29 is 14.3 Å². The van der Waals surface area contributed by atoms with Gasteiger partial charge in [-0.1, -0.05) is 12.5 Å². The van der Waals surface area contributed by atoms with E-state index < -0.39 is 11.7 Å². The number of nitrogens with two attached hydrogens (primary N) is 1. The first-order chi connectivity index (χ1) is 8.16. The van der Waals surface area contributed by atoms with Crippen molar-refractivity contribution in [3.63, 3.8) is 0 Å². The van der Waals surface area contributed by atoms with Crippen LogP contribution in [0.4, 0.5) is 4.39 Å². The molecule has 0 unspecified atom stereocenters. The van der Waals surface area contributed by atoms with E-state index in [9.17, 15) is 14.3 Å². The molecule has 4 N–H and O–H groups in total. The van der Waals surface area contributed by atoms with E-state index in [-0.39, 0.29) is 11.3 Å². The molecule has 0 saturated carbocycles. The van der Waals surface area contributed by atoms with E-state index in [2.05, 4.69) is 5.32 Å². The molecule has 0 atom stereocenters. The second kappa shape index (κ2) is 6.85. The minimum Gasteiger partial charge on any atom is -0.507 e. The molecule has 5 heteroatoms. The molecule has 1 rings (SSSR count). The maximum Gasteiger partial charge on any atom is 0.258 e. The van der Waals surface area contributed by atoms with Crippen LogP contribution in [0.15, 0.2) is 18.2 Å². The summed E-state index contributed by atoms with van der Waals surface area (Å²) in [5, 5.41) is 11.9. The molecule has 1 aromatic rings. The van der Waals surface area contributed by atoms with Gasteiger partial charge in [-0.05, 0) is 31.5 Å². The van der Waals surface area contributed by atoms with Crippen molar-refractivity contribution in [2.75, 3.05) is 13.1 Å². The zero-order valence-electron chi connectivity index (χ0n) is 9.58. The number of carbonyl (C=O) groups is 1. The number of hydrogen-bond donors (Lipinski definition) is 3. The van der Waals surface area contributed by atoms with Crippen LogP contribution in [0, 0.1) is 5.82 Å². The third kappa shape index (κ3) is 4.03. The third-order valence-electron chi connectivity index (χ3n) is 2.39. The topological polar surface area (TPSA) is 75.3 Å². The summed E-state index contributed by atoms with van der Waals surface area (Å²) in [5.74, 6) is -1.65. The van der Waals surface area contributed by atoms with Gasteiger partial charge in [0.15, 0.2) is 0 Å². The molecule has 1 aromatic carbocycles. The lowest BCUT2D eigenvalue weighted by Gasteiger charge is -2.07. The third-order valence-corrected chi connectivity index (χ3v) is 2.39. The summed E-state index contributed by atoms with van der Waals surface area (Å²) in [5.41, 5.74) is 5.03. The lowest BCUT2D eigenvalue weighted by Crippen LogP contribution is -2.25. The Labute approximate surface area is 99.6 Å². The quantitative estimate of drug-likeness (QED) is 0.658.